The maximum Gasteiger partial charge on any atom is 0.224 e. The molecule has 0 heterocycles. The van der Waals surface area contributed by atoms with Gasteiger partial charge in [-0.25, -0.2) is 0 Å². The maximum absolute atomic E-state index is 11.9. The molecule has 0 aromatic heterocycles. The van der Waals surface area contributed by atoms with E-state index in [9.17, 15) is 9.90 Å². The van der Waals surface area contributed by atoms with Gasteiger partial charge in [0, 0.05) is 19.2 Å². The number of amides is 1. The van der Waals surface area contributed by atoms with Crippen LogP contribution in [0.5, 0.6) is 0 Å². The first kappa shape index (κ1) is 16.7. The van der Waals surface area contributed by atoms with Crippen LogP contribution in [0.1, 0.15) is 44.7 Å². The van der Waals surface area contributed by atoms with E-state index >= 15 is 0 Å². The molecule has 2 N–H and O–H groups in total. The van der Waals surface area contributed by atoms with Crippen molar-refractivity contribution in [3.8, 4) is 0 Å². The lowest BCUT2D eigenvalue weighted by molar-refractivity contribution is -0.116. The molecule has 4 heteroatoms. The predicted molar refractivity (Wildman–Crippen MR) is 80.4 cm³/mol. The van der Waals surface area contributed by atoms with Crippen LogP contribution in [0.4, 0.5) is 5.69 Å². The van der Waals surface area contributed by atoms with Gasteiger partial charge in [-0.1, -0.05) is 26.8 Å². The van der Waals surface area contributed by atoms with Crippen LogP contribution in [0.15, 0.2) is 18.2 Å². The summed E-state index contributed by atoms with van der Waals surface area (Å²) in [5.74, 6) is -0.00150. The molecule has 0 bridgehead atoms. The molecule has 1 aromatic carbocycles. The highest BCUT2D eigenvalue weighted by molar-refractivity contribution is 5.90. The van der Waals surface area contributed by atoms with E-state index in [0.717, 1.165) is 17.5 Å². The van der Waals surface area contributed by atoms with Crippen molar-refractivity contribution < 1.29 is 14.6 Å². The first-order chi connectivity index (χ1) is 9.34. The highest BCUT2D eigenvalue weighted by atomic mass is 16.5. The van der Waals surface area contributed by atoms with Gasteiger partial charge >= 0.3 is 0 Å². The molecule has 112 valence electrons. The van der Waals surface area contributed by atoms with Crippen molar-refractivity contribution in [3.63, 3.8) is 0 Å². The molecule has 0 aliphatic rings. The van der Waals surface area contributed by atoms with Crippen LogP contribution in [0.2, 0.25) is 0 Å². The van der Waals surface area contributed by atoms with Crippen LogP contribution in [0.25, 0.3) is 0 Å². The van der Waals surface area contributed by atoms with Crippen molar-refractivity contribution >= 4 is 11.6 Å². The maximum atomic E-state index is 11.9. The van der Waals surface area contributed by atoms with E-state index in [4.69, 9.17) is 4.74 Å². The minimum Gasteiger partial charge on any atom is -0.392 e. The van der Waals surface area contributed by atoms with Crippen LogP contribution < -0.4 is 5.32 Å². The van der Waals surface area contributed by atoms with Crippen molar-refractivity contribution in [1.29, 1.82) is 0 Å². The van der Waals surface area contributed by atoms with Gasteiger partial charge in [-0.05, 0) is 35.1 Å². The molecule has 0 saturated carbocycles. The standard InChI is InChI=1S/C16H25NO3/c1-16(2,3)6-5-15(19)17-14-8-12(10-18)7-13(9-14)11-20-4/h7-9,18H,5-6,10-11H2,1-4H3,(H,17,19). The van der Waals surface area contributed by atoms with Crippen LogP contribution in [0.3, 0.4) is 0 Å². The van der Waals surface area contributed by atoms with E-state index in [1.54, 1.807) is 13.2 Å². The quantitative estimate of drug-likeness (QED) is 0.841. The molecule has 1 rings (SSSR count). The van der Waals surface area contributed by atoms with E-state index in [1.807, 2.05) is 12.1 Å². The van der Waals surface area contributed by atoms with Gasteiger partial charge in [0.15, 0.2) is 0 Å². The Morgan fingerprint density at radius 2 is 1.90 bits per heavy atom. The molecule has 0 aliphatic carbocycles. The topological polar surface area (TPSA) is 58.6 Å². The first-order valence-electron chi connectivity index (χ1n) is 6.86. The Hall–Kier alpha value is -1.39. The minimum atomic E-state index is -0.0532. The molecular formula is C16H25NO3. The molecule has 20 heavy (non-hydrogen) atoms. The summed E-state index contributed by atoms with van der Waals surface area (Å²) in [6.45, 7) is 6.75. The fourth-order valence-electron chi connectivity index (χ4n) is 1.89. The number of hydrogen-bond acceptors (Lipinski definition) is 3. The number of rotatable bonds is 6. The molecule has 0 atom stereocenters. The Morgan fingerprint density at radius 1 is 1.25 bits per heavy atom. The molecule has 1 amide bonds. The molecule has 0 fully saturated rings. The van der Waals surface area contributed by atoms with Gasteiger partial charge in [-0.15, -0.1) is 0 Å². The molecule has 0 unspecified atom stereocenters. The molecule has 0 radical (unpaired) electrons. The average molecular weight is 279 g/mol. The van der Waals surface area contributed by atoms with E-state index in [1.165, 1.54) is 0 Å². The second kappa shape index (κ2) is 7.41. The number of carbonyl (C=O) groups is 1. The third-order valence-electron chi connectivity index (χ3n) is 2.93. The van der Waals surface area contributed by atoms with Crippen molar-refractivity contribution in [2.75, 3.05) is 12.4 Å². The van der Waals surface area contributed by atoms with Gasteiger partial charge < -0.3 is 15.2 Å². The normalized spacial score (nSPS) is 11.4. The van der Waals surface area contributed by atoms with E-state index in [2.05, 4.69) is 26.1 Å². The van der Waals surface area contributed by atoms with Gasteiger partial charge in [-0.3, -0.25) is 4.79 Å². The lowest BCUT2D eigenvalue weighted by Crippen LogP contribution is -2.15. The van der Waals surface area contributed by atoms with Gasteiger partial charge in [0.25, 0.3) is 0 Å². The Kier molecular flexibility index (Phi) is 6.17. The van der Waals surface area contributed by atoms with Crippen molar-refractivity contribution in [3.05, 3.63) is 29.3 Å². The number of methoxy groups -OCH3 is 1. The molecule has 0 spiro atoms. The monoisotopic (exact) mass is 279 g/mol. The number of ether oxygens (including phenoxy) is 1. The molecule has 0 saturated heterocycles. The number of carbonyl (C=O) groups excluding carboxylic acids is 1. The molecule has 0 aliphatic heterocycles. The lowest BCUT2D eigenvalue weighted by atomic mass is 9.90. The van der Waals surface area contributed by atoms with Gasteiger partial charge in [-0.2, -0.15) is 0 Å². The van der Waals surface area contributed by atoms with Gasteiger partial charge in [0.1, 0.15) is 0 Å². The zero-order chi connectivity index (χ0) is 15.2. The Morgan fingerprint density at radius 3 is 2.45 bits per heavy atom. The largest absolute Gasteiger partial charge is 0.392 e. The number of aliphatic hydroxyl groups excluding tert-OH is 1. The van der Waals surface area contributed by atoms with E-state index < -0.39 is 0 Å². The van der Waals surface area contributed by atoms with Crippen molar-refractivity contribution in [1.82, 2.24) is 0 Å². The third-order valence-corrected chi connectivity index (χ3v) is 2.93. The second-order valence-electron chi connectivity index (χ2n) is 6.24. The van der Waals surface area contributed by atoms with Crippen LogP contribution in [-0.2, 0) is 22.7 Å². The highest BCUT2D eigenvalue weighted by Gasteiger charge is 2.13. The average Bonchev–Trinajstić information content (AvgIpc) is 2.35. The van der Waals surface area contributed by atoms with Crippen molar-refractivity contribution in [2.45, 2.75) is 46.8 Å². The van der Waals surface area contributed by atoms with Crippen LogP contribution in [-0.4, -0.2) is 18.1 Å². The summed E-state index contributed by atoms with van der Waals surface area (Å²) >= 11 is 0. The summed E-state index contributed by atoms with van der Waals surface area (Å²) in [5, 5.41) is 12.1. The Labute approximate surface area is 121 Å². The van der Waals surface area contributed by atoms with Gasteiger partial charge in [0.05, 0.1) is 13.2 Å². The summed E-state index contributed by atoms with van der Waals surface area (Å²) < 4.78 is 5.09. The zero-order valence-corrected chi connectivity index (χ0v) is 12.8. The minimum absolute atomic E-state index is 0.00150. The Bertz CT molecular complexity index is 450. The smallest absolute Gasteiger partial charge is 0.224 e. The number of anilines is 1. The molecule has 4 nitrogen and oxygen atoms in total. The summed E-state index contributed by atoms with van der Waals surface area (Å²) in [7, 11) is 1.62. The fraction of sp³-hybridized carbons (Fsp3) is 0.562. The SMILES string of the molecule is COCc1cc(CO)cc(NC(=O)CCC(C)(C)C)c1. The third kappa shape index (κ3) is 6.17. The van der Waals surface area contributed by atoms with E-state index in [0.29, 0.717) is 18.7 Å². The summed E-state index contributed by atoms with van der Waals surface area (Å²) in [6, 6.07) is 5.53. The Balaban J connectivity index is 2.70. The lowest BCUT2D eigenvalue weighted by Gasteiger charge is -2.17. The van der Waals surface area contributed by atoms with Gasteiger partial charge in [0.2, 0.25) is 5.91 Å². The number of hydrogen-bond donors (Lipinski definition) is 2. The summed E-state index contributed by atoms with van der Waals surface area (Å²) in [6.07, 6.45) is 1.33. The summed E-state index contributed by atoms with van der Waals surface area (Å²) in [5.41, 5.74) is 2.56. The second-order valence-corrected chi connectivity index (χ2v) is 6.24. The fourth-order valence-corrected chi connectivity index (χ4v) is 1.89. The molecular weight excluding hydrogens is 254 g/mol. The van der Waals surface area contributed by atoms with Crippen molar-refractivity contribution in [2.24, 2.45) is 5.41 Å². The summed E-state index contributed by atoms with van der Waals surface area (Å²) in [4.78, 5) is 11.9. The number of benzene rings is 1. The zero-order valence-electron chi connectivity index (χ0n) is 12.8. The highest BCUT2D eigenvalue weighted by Crippen LogP contribution is 2.21. The van der Waals surface area contributed by atoms with E-state index in [-0.39, 0.29) is 17.9 Å². The number of nitrogens with one attached hydrogen (secondary N) is 1. The number of aliphatic hydroxyl groups is 1. The van der Waals surface area contributed by atoms with Crippen LogP contribution >= 0.6 is 0 Å². The molecule has 1 aromatic rings. The predicted octanol–water partition coefficient (Wildman–Crippen LogP) is 3.09. The van der Waals surface area contributed by atoms with Crippen LogP contribution in [0, 0.1) is 5.41 Å². The first-order valence-corrected chi connectivity index (χ1v) is 6.86.